The third kappa shape index (κ3) is 2.28. The van der Waals surface area contributed by atoms with Crippen molar-refractivity contribution in [1.29, 1.82) is 0 Å². The fourth-order valence-electron chi connectivity index (χ4n) is 2.12. The molecule has 0 atom stereocenters. The van der Waals surface area contributed by atoms with Crippen molar-refractivity contribution in [3.63, 3.8) is 0 Å². The van der Waals surface area contributed by atoms with Crippen molar-refractivity contribution in [3.05, 3.63) is 47.4 Å². The summed E-state index contributed by atoms with van der Waals surface area (Å²) < 4.78 is 0. The highest BCUT2D eigenvalue weighted by Crippen LogP contribution is 2.28. The normalized spacial score (nSPS) is 12.0. The molecule has 5 heteroatoms. The molecule has 0 aliphatic carbocycles. The Hall–Kier alpha value is -1.91. The molecule has 0 radical (unpaired) electrons. The summed E-state index contributed by atoms with van der Waals surface area (Å²) in [7, 11) is 0. The molecule has 0 saturated carbocycles. The number of H-pyrrole nitrogens is 1. The highest BCUT2D eigenvalue weighted by Gasteiger charge is 2.15. The molecule has 0 fully saturated rings. The molecule has 0 aliphatic rings. The SMILES string of the molecule is CC(C)(O)c1ccc(-c2cc3c(Cl)ncnc3[nH]2)cc1. The van der Waals surface area contributed by atoms with Gasteiger partial charge in [-0.3, -0.25) is 0 Å². The van der Waals surface area contributed by atoms with Crippen LogP contribution in [0.4, 0.5) is 0 Å². The molecule has 0 bridgehead atoms. The van der Waals surface area contributed by atoms with Crippen LogP contribution in [0.15, 0.2) is 36.7 Å². The third-order valence-electron chi connectivity index (χ3n) is 3.28. The quantitative estimate of drug-likeness (QED) is 0.709. The van der Waals surface area contributed by atoms with Crippen LogP contribution in [0.5, 0.6) is 0 Å². The average Bonchev–Trinajstić information content (AvgIpc) is 2.83. The van der Waals surface area contributed by atoms with E-state index in [1.165, 1.54) is 6.33 Å². The van der Waals surface area contributed by atoms with Crippen LogP contribution in [0.2, 0.25) is 5.15 Å². The summed E-state index contributed by atoms with van der Waals surface area (Å²) in [5, 5.41) is 11.2. The van der Waals surface area contributed by atoms with Crippen LogP contribution in [0.1, 0.15) is 19.4 Å². The van der Waals surface area contributed by atoms with Gasteiger partial charge in [-0.15, -0.1) is 0 Å². The van der Waals surface area contributed by atoms with Gasteiger partial charge in [0.15, 0.2) is 0 Å². The van der Waals surface area contributed by atoms with Gasteiger partial charge in [0.2, 0.25) is 0 Å². The highest BCUT2D eigenvalue weighted by molar-refractivity contribution is 6.34. The number of hydrogen-bond acceptors (Lipinski definition) is 3. The molecule has 102 valence electrons. The second kappa shape index (κ2) is 4.58. The first-order chi connectivity index (χ1) is 9.45. The summed E-state index contributed by atoms with van der Waals surface area (Å²) in [6, 6.07) is 9.66. The van der Waals surface area contributed by atoms with Gasteiger partial charge in [-0.1, -0.05) is 35.9 Å². The van der Waals surface area contributed by atoms with Crippen LogP contribution >= 0.6 is 11.6 Å². The van der Waals surface area contributed by atoms with E-state index in [0.29, 0.717) is 10.8 Å². The minimum absolute atomic E-state index is 0.436. The van der Waals surface area contributed by atoms with Gasteiger partial charge in [0.05, 0.1) is 11.0 Å². The molecule has 2 aromatic heterocycles. The van der Waals surface area contributed by atoms with Crippen molar-refractivity contribution < 1.29 is 5.11 Å². The molecule has 2 heterocycles. The Morgan fingerprint density at radius 3 is 2.45 bits per heavy atom. The van der Waals surface area contributed by atoms with E-state index < -0.39 is 5.60 Å². The largest absolute Gasteiger partial charge is 0.386 e. The van der Waals surface area contributed by atoms with Crippen LogP contribution in [-0.2, 0) is 5.60 Å². The van der Waals surface area contributed by atoms with E-state index in [-0.39, 0.29) is 0 Å². The van der Waals surface area contributed by atoms with E-state index in [1.54, 1.807) is 13.8 Å². The number of nitrogens with one attached hydrogen (secondary N) is 1. The average molecular weight is 288 g/mol. The maximum atomic E-state index is 9.96. The van der Waals surface area contributed by atoms with Crippen molar-refractivity contribution in [2.24, 2.45) is 0 Å². The van der Waals surface area contributed by atoms with Crippen molar-refractivity contribution in [3.8, 4) is 11.3 Å². The Bertz CT molecular complexity index is 757. The highest BCUT2D eigenvalue weighted by atomic mass is 35.5. The summed E-state index contributed by atoms with van der Waals surface area (Å²) >= 11 is 6.04. The Morgan fingerprint density at radius 1 is 1.15 bits per heavy atom. The number of aromatic amines is 1. The first-order valence-electron chi connectivity index (χ1n) is 6.27. The fourth-order valence-corrected chi connectivity index (χ4v) is 2.31. The first-order valence-corrected chi connectivity index (χ1v) is 6.65. The number of aliphatic hydroxyl groups is 1. The molecular weight excluding hydrogens is 274 g/mol. The number of nitrogens with zero attached hydrogens (tertiary/aromatic N) is 2. The Labute approximate surface area is 121 Å². The minimum atomic E-state index is -0.840. The van der Waals surface area contributed by atoms with Gasteiger partial charge in [-0.05, 0) is 31.0 Å². The van der Waals surface area contributed by atoms with Crippen LogP contribution in [-0.4, -0.2) is 20.1 Å². The zero-order valence-corrected chi connectivity index (χ0v) is 11.9. The zero-order chi connectivity index (χ0) is 14.3. The second-order valence-corrected chi connectivity index (χ2v) is 5.60. The number of halogens is 1. The number of aromatic nitrogens is 3. The van der Waals surface area contributed by atoms with Gasteiger partial charge in [0.25, 0.3) is 0 Å². The topological polar surface area (TPSA) is 61.8 Å². The van der Waals surface area contributed by atoms with Gasteiger partial charge in [0.1, 0.15) is 17.1 Å². The zero-order valence-electron chi connectivity index (χ0n) is 11.2. The number of benzene rings is 1. The number of rotatable bonds is 2. The molecule has 3 rings (SSSR count). The molecule has 2 N–H and O–H groups in total. The monoisotopic (exact) mass is 287 g/mol. The maximum Gasteiger partial charge on any atom is 0.142 e. The molecule has 0 spiro atoms. The molecule has 20 heavy (non-hydrogen) atoms. The molecule has 0 amide bonds. The summed E-state index contributed by atoms with van der Waals surface area (Å²) in [5.41, 5.74) is 2.67. The molecular formula is C15H14ClN3O. The first kappa shape index (κ1) is 13.1. The molecule has 3 aromatic rings. The van der Waals surface area contributed by atoms with Gasteiger partial charge < -0.3 is 10.1 Å². The standard InChI is InChI=1S/C15H14ClN3O/c1-15(2,20)10-5-3-9(4-6-10)12-7-11-13(16)17-8-18-14(11)19-12/h3-8,20H,1-2H3,(H,17,18,19). The van der Waals surface area contributed by atoms with Crippen molar-refractivity contribution in [1.82, 2.24) is 15.0 Å². The van der Waals surface area contributed by atoms with Crippen molar-refractivity contribution in [2.45, 2.75) is 19.4 Å². The number of hydrogen-bond donors (Lipinski definition) is 2. The van der Waals surface area contributed by atoms with E-state index in [0.717, 1.165) is 22.2 Å². The summed E-state index contributed by atoms with van der Waals surface area (Å²) in [4.78, 5) is 11.3. The fraction of sp³-hybridized carbons (Fsp3) is 0.200. The van der Waals surface area contributed by atoms with Gasteiger partial charge in [0, 0.05) is 5.69 Å². The number of fused-ring (bicyclic) bond motifs is 1. The van der Waals surface area contributed by atoms with E-state index in [4.69, 9.17) is 11.6 Å². The second-order valence-electron chi connectivity index (χ2n) is 5.25. The Morgan fingerprint density at radius 2 is 1.85 bits per heavy atom. The van der Waals surface area contributed by atoms with Crippen LogP contribution in [0.25, 0.3) is 22.3 Å². The van der Waals surface area contributed by atoms with Crippen LogP contribution in [0, 0.1) is 0 Å². The van der Waals surface area contributed by atoms with E-state index in [1.807, 2.05) is 30.3 Å². The lowest BCUT2D eigenvalue weighted by Gasteiger charge is -2.17. The predicted octanol–water partition coefficient (Wildman–Crippen LogP) is 3.51. The lowest BCUT2D eigenvalue weighted by molar-refractivity contribution is 0.0786. The molecule has 0 aliphatic heterocycles. The van der Waals surface area contributed by atoms with Crippen LogP contribution in [0.3, 0.4) is 0 Å². The Kier molecular flexibility index (Phi) is 3.00. The minimum Gasteiger partial charge on any atom is -0.386 e. The third-order valence-corrected chi connectivity index (χ3v) is 3.58. The lowest BCUT2D eigenvalue weighted by atomic mass is 9.97. The lowest BCUT2D eigenvalue weighted by Crippen LogP contribution is -2.14. The molecule has 4 nitrogen and oxygen atoms in total. The smallest absolute Gasteiger partial charge is 0.142 e. The van der Waals surface area contributed by atoms with E-state index in [9.17, 15) is 5.11 Å². The summed E-state index contributed by atoms with van der Waals surface area (Å²) in [6.07, 6.45) is 1.43. The summed E-state index contributed by atoms with van der Waals surface area (Å²) in [6.45, 7) is 3.53. The molecule has 0 unspecified atom stereocenters. The molecule has 0 saturated heterocycles. The van der Waals surface area contributed by atoms with E-state index in [2.05, 4.69) is 15.0 Å². The molecule has 1 aromatic carbocycles. The van der Waals surface area contributed by atoms with Gasteiger partial charge >= 0.3 is 0 Å². The van der Waals surface area contributed by atoms with Gasteiger partial charge in [-0.25, -0.2) is 9.97 Å². The predicted molar refractivity (Wildman–Crippen MR) is 79.6 cm³/mol. The Balaban J connectivity index is 2.05. The van der Waals surface area contributed by atoms with Crippen LogP contribution < -0.4 is 0 Å². The van der Waals surface area contributed by atoms with Gasteiger partial charge in [-0.2, -0.15) is 0 Å². The summed E-state index contributed by atoms with van der Waals surface area (Å²) in [5.74, 6) is 0. The maximum absolute atomic E-state index is 9.96. The van der Waals surface area contributed by atoms with E-state index >= 15 is 0 Å². The van der Waals surface area contributed by atoms with Crippen molar-refractivity contribution >= 4 is 22.6 Å². The van der Waals surface area contributed by atoms with Crippen molar-refractivity contribution in [2.75, 3.05) is 0 Å².